The number of hydrogen-bond acceptors (Lipinski definition) is 4. The van der Waals surface area contributed by atoms with Crippen LogP contribution in [0.2, 0.25) is 0 Å². The fraction of sp³-hybridized carbons (Fsp3) is 0.944. The number of aliphatic hydroxyl groups excluding tert-OH is 1. The van der Waals surface area contributed by atoms with Gasteiger partial charge >= 0.3 is 5.97 Å². The molecule has 1 fully saturated rings. The van der Waals surface area contributed by atoms with Gasteiger partial charge in [0.2, 0.25) is 0 Å². The van der Waals surface area contributed by atoms with Gasteiger partial charge in [-0.25, -0.2) is 0 Å². The molecule has 0 unspecified atom stereocenters. The lowest BCUT2D eigenvalue weighted by atomic mass is 9.85. The molecule has 0 spiro atoms. The van der Waals surface area contributed by atoms with Crippen molar-refractivity contribution in [3.8, 4) is 0 Å². The van der Waals surface area contributed by atoms with Crippen LogP contribution >= 0.6 is 0 Å². The first kappa shape index (κ1) is 19.4. The Morgan fingerprint density at radius 2 is 1.82 bits per heavy atom. The number of carbonyl (C=O) groups excluding carboxylic acids is 1. The molecule has 1 aliphatic carbocycles. The lowest BCUT2D eigenvalue weighted by Crippen LogP contribution is -2.29. The van der Waals surface area contributed by atoms with Gasteiger partial charge in [-0.1, -0.05) is 26.7 Å². The van der Waals surface area contributed by atoms with E-state index in [0.717, 1.165) is 44.7 Å². The molecule has 1 rings (SSSR count). The molecule has 130 valence electrons. The van der Waals surface area contributed by atoms with Crippen molar-refractivity contribution in [3.05, 3.63) is 0 Å². The van der Waals surface area contributed by atoms with Gasteiger partial charge in [-0.3, -0.25) is 4.79 Å². The summed E-state index contributed by atoms with van der Waals surface area (Å²) < 4.78 is 5.61. The molecule has 0 bridgehead atoms. The average Bonchev–Trinajstić information content (AvgIpc) is 2.50. The minimum absolute atomic E-state index is 0.0422. The third kappa shape index (κ3) is 8.14. The van der Waals surface area contributed by atoms with E-state index in [1.54, 1.807) is 0 Å². The molecule has 4 heteroatoms. The largest absolute Gasteiger partial charge is 0.462 e. The number of rotatable bonds is 11. The van der Waals surface area contributed by atoms with Crippen molar-refractivity contribution in [2.75, 3.05) is 26.2 Å². The lowest BCUT2D eigenvalue weighted by molar-refractivity contribution is -0.151. The molecule has 0 saturated heterocycles. The molecular weight excluding hydrogens is 278 g/mol. The maximum Gasteiger partial charge on any atom is 0.306 e. The molecule has 4 nitrogen and oxygen atoms in total. The van der Waals surface area contributed by atoms with Crippen molar-refractivity contribution in [1.82, 2.24) is 4.90 Å². The van der Waals surface area contributed by atoms with Crippen molar-refractivity contribution < 1.29 is 14.6 Å². The Balaban J connectivity index is 2.13. The van der Waals surface area contributed by atoms with Gasteiger partial charge in [0.05, 0.1) is 6.61 Å². The maximum atomic E-state index is 11.9. The summed E-state index contributed by atoms with van der Waals surface area (Å²) in [6.45, 7) is 7.11. The Labute approximate surface area is 136 Å². The molecular formula is C18H35NO3. The highest BCUT2D eigenvalue weighted by atomic mass is 16.5. The van der Waals surface area contributed by atoms with E-state index in [1.807, 2.05) is 0 Å². The van der Waals surface area contributed by atoms with E-state index < -0.39 is 0 Å². The third-order valence-corrected chi connectivity index (χ3v) is 4.60. The van der Waals surface area contributed by atoms with E-state index in [9.17, 15) is 4.79 Å². The van der Waals surface area contributed by atoms with E-state index in [1.165, 1.54) is 25.7 Å². The van der Waals surface area contributed by atoms with Gasteiger partial charge in [0.1, 0.15) is 6.10 Å². The second-order valence-corrected chi connectivity index (χ2v) is 6.59. The Hall–Kier alpha value is -0.610. The number of ether oxygens (including phenoxy) is 1. The second kappa shape index (κ2) is 11.9. The first-order valence-corrected chi connectivity index (χ1v) is 9.22. The summed E-state index contributed by atoms with van der Waals surface area (Å²) in [4.78, 5) is 14.1. The van der Waals surface area contributed by atoms with Gasteiger partial charge in [-0.2, -0.15) is 0 Å². The smallest absolute Gasteiger partial charge is 0.306 e. The predicted octanol–water partition coefficient (Wildman–Crippen LogP) is 3.37. The molecule has 1 saturated carbocycles. The van der Waals surface area contributed by atoms with Crippen molar-refractivity contribution >= 4 is 5.97 Å². The molecule has 0 aromatic carbocycles. The normalized spacial score (nSPS) is 22.0. The van der Waals surface area contributed by atoms with Crippen molar-refractivity contribution in [2.24, 2.45) is 5.92 Å². The summed E-state index contributed by atoms with van der Waals surface area (Å²) in [6.07, 6.45) is 9.65. The van der Waals surface area contributed by atoms with Crippen molar-refractivity contribution in [2.45, 2.75) is 77.7 Å². The molecule has 1 N–H and O–H groups in total. The Bertz CT molecular complexity index is 282. The van der Waals surface area contributed by atoms with Gasteiger partial charge in [0.15, 0.2) is 0 Å². The monoisotopic (exact) mass is 313 g/mol. The number of carbonyl (C=O) groups is 1. The maximum absolute atomic E-state index is 11.9. The predicted molar refractivity (Wildman–Crippen MR) is 89.8 cm³/mol. The molecule has 0 aromatic rings. The number of nitrogens with zero attached hydrogens (tertiary/aromatic N) is 1. The zero-order valence-electron chi connectivity index (χ0n) is 14.6. The quantitative estimate of drug-likeness (QED) is 0.594. The Morgan fingerprint density at radius 3 is 2.41 bits per heavy atom. The van der Waals surface area contributed by atoms with E-state index in [0.29, 0.717) is 13.0 Å². The highest BCUT2D eigenvalue weighted by molar-refractivity contribution is 5.69. The highest BCUT2D eigenvalue weighted by Crippen LogP contribution is 2.29. The van der Waals surface area contributed by atoms with Crippen LogP contribution in [-0.2, 0) is 9.53 Å². The van der Waals surface area contributed by atoms with Gasteiger partial charge in [-0.15, -0.1) is 0 Å². The van der Waals surface area contributed by atoms with E-state index in [-0.39, 0.29) is 18.7 Å². The summed E-state index contributed by atoms with van der Waals surface area (Å²) in [6, 6.07) is 0. The zero-order valence-corrected chi connectivity index (χ0v) is 14.6. The summed E-state index contributed by atoms with van der Waals surface area (Å²) in [5.74, 6) is 0.806. The zero-order chi connectivity index (χ0) is 16.2. The summed E-state index contributed by atoms with van der Waals surface area (Å²) in [5.41, 5.74) is 0. The third-order valence-electron chi connectivity index (χ3n) is 4.60. The highest BCUT2D eigenvalue weighted by Gasteiger charge is 2.23. The van der Waals surface area contributed by atoms with Gasteiger partial charge in [0, 0.05) is 13.0 Å². The summed E-state index contributed by atoms with van der Waals surface area (Å²) in [5, 5.41) is 9.01. The van der Waals surface area contributed by atoms with Crippen LogP contribution < -0.4 is 0 Å². The number of hydrogen-bond donors (Lipinski definition) is 1. The summed E-state index contributed by atoms with van der Waals surface area (Å²) in [7, 11) is 0. The van der Waals surface area contributed by atoms with E-state index in [2.05, 4.69) is 18.7 Å². The van der Waals surface area contributed by atoms with Crippen LogP contribution in [0.1, 0.15) is 71.6 Å². The number of esters is 1. The molecule has 0 atom stereocenters. The molecule has 22 heavy (non-hydrogen) atoms. The lowest BCUT2D eigenvalue weighted by Gasteiger charge is -2.28. The minimum atomic E-state index is -0.0422. The molecule has 0 aliphatic heterocycles. The van der Waals surface area contributed by atoms with Gasteiger partial charge in [0.25, 0.3) is 0 Å². The Morgan fingerprint density at radius 1 is 1.09 bits per heavy atom. The van der Waals surface area contributed by atoms with Crippen LogP contribution in [0.3, 0.4) is 0 Å². The average molecular weight is 313 g/mol. The topological polar surface area (TPSA) is 49.8 Å². The first-order valence-electron chi connectivity index (χ1n) is 9.22. The molecule has 0 amide bonds. The molecule has 0 radical (unpaired) electrons. The minimum Gasteiger partial charge on any atom is -0.462 e. The Kier molecular flexibility index (Phi) is 10.5. The number of aliphatic hydroxyl groups is 1. The van der Waals surface area contributed by atoms with Crippen molar-refractivity contribution in [1.29, 1.82) is 0 Å². The van der Waals surface area contributed by atoms with Gasteiger partial charge in [-0.05, 0) is 57.5 Å². The van der Waals surface area contributed by atoms with Crippen molar-refractivity contribution in [3.63, 3.8) is 0 Å². The first-order chi connectivity index (χ1) is 10.7. The molecule has 1 aliphatic rings. The van der Waals surface area contributed by atoms with Crippen LogP contribution in [0.5, 0.6) is 0 Å². The fourth-order valence-corrected chi connectivity index (χ4v) is 3.43. The second-order valence-electron chi connectivity index (χ2n) is 6.59. The van der Waals surface area contributed by atoms with Crippen LogP contribution in [0.25, 0.3) is 0 Å². The summed E-state index contributed by atoms with van der Waals surface area (Å²) >= 11 is 0. The van der Waals surface area contributed by atoms with Gasteiger partial charge < -0.3 is 14.7 Å². The SMILES string of the molecule is CCCC1CCC(OC(=O)CCCN(CCC)CCO)CC1. The van der Waals surface area contributed by atoms with Crippen LogP contribution in [0.4, 0.5) is 0 Å². The fourth-order valence-electron chi connectivity index (χ4n) is 3.43. The molecule has 0 heterocycles. The molecule has 0 aromatic heterocycles. The standard InChI is InChI=1S/C18H35NO3/c1-3-6-16-8-10-17(11-9-16)22-18(21)7-5-13-19(12-4-2)14-15-20/h16-17,20H,3-15H2,1-2H3. The van der Waals surface area contributed by atoms with Crippen LogP contribution in [0.15, 0.2) is 0 Å². The van der Waals surface area contributed by atoms with E-state index >= 15 is 0 Å². The van der Waals surface area contributed by atoms with Crippen LogP contribution in [-0.4, -0.2) is 48.3 Å². The van der Waals surface area contributed by atoms with Crippen LogP contribution in [0, 0.1) is 5.92 Å². The van der Waals surface area contributed by atoms with E-state index in [4.69, 9.17) is 9.84 Å².